The van der Waals surface area contributed by atoms with Crippen LogP contribution in [-0.2, 0) is 25.7 Å². The maximum atomic E-state index is 11.6. The van der Waals surface area contributed by atoms with E-state index >= 15 is 0 Å². The molecule has 0 spiro atoms. The number of benzene rings is 1. The zero-order valence-electron chi connectivity index (χ0n) is 11.6. The van der Waals surface area contributed by atoms with Crippen LogP contribution in [-0.4, -0.2) is 35.8 Å². The minimum Gasteiger partial charge on any atom is -0.481 e. The third-order valence-electron chi connectivity index (χ3n) is 2.45. The van der Waals surface area contributed by atoms with Gasteiger partial charge in [0.2, 0.25) is 0 Å². The highest BCUT2D eigenvalue weighted by Gasteiger charge is 2.25. The minimum atomic E-state index is -1.27. The zero-order chi connectivity index (χ0) is 15.7. The number of aliphatic carboxylic acids is 1. The summed E-state index contributed by atoms with van der Waals surface area (Å²) in [5.74, 6) is -2.03. The van der Waals surface area contributed by atoms with Gasteiger partial charge in [0.15, 0.2) is 0 Å². The third-order valence-corrected chi connectivity index (χ3v) is 2.45. The van der Waals surface area contributed by atoms with E-state index in [1.54, 1.807) is 31.2 Å². The summed E-state index contributed by atoms with van der Waals surface area (Å²) < 4.78 is 9.61. The van der Waals surface area contributed by atoms with Gasteiger partial charge in [-0.05, 0) is 12.5 Å². The molecule has 1 amide bonds. The highest BCUT2D eigenvalue weighted by atomic mass is 16.6. The van der Waals surface area contributed by atoms with Gasteiger partial charge in [0.05, 0.1) is 13.0 Å². The van der Waals surface area contributed by atoms with Crippen molar-refractivity contribution in [2.45, 2.75) is 26.0 Å². The molecule has 0 saturated carbocycles. The first-order valence-electron chi connectivity index (χ1n) is 6.38. The molecule has 0 heterocycles. The van der Waals surface area contributed by atoms with E-state index in [1.807, 2.05) is 6.07 Å². The fraction of sp³-hybridized carbons (Fsp3) is 0.357. The second kappa shape index (κ2) is 8.57. The average molecular weight is 295 g/mol. The van der Waals surface area contributed by atoms with Gasteiger partial charge in [0.1, 0.15) is 12.6 Å². The van der Waals surface area contributed by atoms with E-state index < -0.39 is 30.5 Å². The van der Waals surface area contributed by atoms with Gasteiger partial charge in [-0.3, -0.25) is 4.79 Å². The summed E-state index contributed by atoms with van der Waals surface area (Å²) >= 11 is 0. The second-order valence-corrected chi connectivity index (χ2v) is 4.11. The van der Waals surface area contributed by atoms with E-state index in [0.717, 1.165) is 5.56 Å². The van der Waals surface area contributed by atoms with E-state index in [2.05, 4.69) is 5.32 Å². The number of ether oxygens (including phenoxy) is 2. The van der Waals surface area contributed by atoms with Crippen LogP contribution in [0.4, 0.5) is 4.79 Å². The number of carboxylic acids is 1. The lowest BCUT2D eigenvalue weighted by Gasteiger charge is -2.15. The maximum absolute atomic E-state index is 11.6. The molecular weight excluding hydrogens is 278 g/mol. The lowest BCUT2D eigenvalue weighted by Crippen LogP contribution is -2.43. The number of hydrogen-bond donors (Lipinski definition) is 2. The highest BCUT2D eigenvalue weighted by Crippen LogP contribution is 2.02. The molecule has 7 heteroatoms. The molecule has 0 aromatic heterocycles. The molecule has 1 aromatic carbocycles. The summed E-state index contributed by atoms with van der Waals surface area (Å²) in [5, 5.41) is 10.9. The first-order chi connectivity index (χ1) is 10.0. The summed E-state index contributed by atoms with van der Waals surface area (Å²) in [4.78, 5) is 33.8. The van der Waals surface area contributed by atoms with Crippen molar-refractivity contribution in [3.63, 3.8) is 0 Å². The summed E-state index contributed by atoms with van der Waals surface area (Å²) in [6, 6.07) is 7.68. The number of carbonyl (C=O) groups is 3. The Kier molecular flexibility index (Phi) is 6.73. The number of nitrogens with one attached hydrogen (secondary N) is 1. The number of carbonyl (C=O) groups excluding carboxylic acids is 2. The van der Waals surface area contributed by atoms with Crippen LogP contribution < -0.4 is 5.32 Å². The van der Waals surface area contributed by atoms with Crippen molar-refractivity contribution in [1.82, 2.24) is 5.32 Å². The molecule has 0 saturated heterocycles. The highest BCUT2D eigenvalue weighted by molar-refractivity contribution is 5.85. The fourth-order valence-electron chi connectivity index (χ4n) is 1.52. The molecule has 1 atom stereocenters. The molecule has 0 aliphatic rings. The van der Waals surface area contributed by atoms with Crippen LogP contribution >= 0.6 is 0 Å². The number of rotatable bonds is 7. The molecule has 1 rings (SSSR count). The Bertz CT molecular complexity index is 487. The molecule has 0 fully saturated rings. The summed E-state index contributed by atoms with van der Waals surface area (Å²) in [6.07, 6.45) is -1.45. The van der Waals surface area contributed by atoms with E-state index in [9.17, 15) is 14.4 Å². The van der Waals surface area contributed by atoms with E-state index in [4.69, 9.17) is 14.6 Å². The quantitative estimate of drug-likeness (QED) is 0.735. The van der Waals surface area contributed by atoms with Crippen molar-refractivity contribution >= 4 is 18.0 Å². The Balaban J connectivity index is 2.51. The van der Waals surface area contributed by atoms with Crippen molar-refractivity contribution < 1.29 is 29.0 Å². The van der Waals surface area contributed by atoms with Crippen LogP contribution in [0.5, 0.6) is 0 Å². The van der Waals surface area contributed by atoms with Crippen molar-refractivity contribution in [3.8, 4) is 0 Å². The minimum absolute atomic E-state index is 0.0231. The molecule has 0 radical (unpaired) electrons. The van der Waals surface area contributed by atoms with Crippen molar-refractivity contribution in [2.24, 2.45) is 0 Å². The Morgan fingerprint density at radius 3 is 2.43 bits per heavy atom. The van der Waals surface area contributed by atoms with Gasteiger partial charge in [-0.25, -0.2) is 9.59 Å². The van der Waals surface area contributed by atoms with Crippen LogP contribution in [0.1, 0.15) is 18.9 Å². The SMILES string of the molecule is CCOC(=O)[C@H](CC(=O)O)NC(=O)OCc1ccccc1. The number of carboxylic acid groups (broad SMARTS) is 1. The molecule has 7 nitrogen and oxygen atoms in total. The molecule has 2 N–H and O–H groups in total. The lowest BCUT2D eigenvalue weighted by atomic mass is 10.2. The molecule has 0 aliphatic carbocycles. The van der Waals surface area contributed by atoms with E-state index in [0.29, 0.717) is 0 Å². The molecule has 0 bridgehead atoms. The smallest absolute Gasteiger partial charge is 0.408 e. The average Bonchev–Trinajstić information content (AvgIpc) is 2.45. The topological polar surface area (TPSA) is 102 Å². The Labute approximate surface area is 121 Å². The Morgan fingerprint density at radius 1 is 1.19 bits per heavy atom. The monoisotopic (exact) mass is 295 g/mol. The van der Waals surface area contributed by atoms with Gasteiger partial charge in [0, 0.05) is 0 Å². The maximum Gasteiger partial charge on any atom is 0.408 e. The number of alkyl carbamates (subject to hydrolysis) is 1. The predicted molar refractivity (Wildman–Crippen MR) is 72.4 cm³/mol. The summed E-state index contributed by atoms with van der Waals surface area (Å²) in [5.41, 5.74) is 0.776. The number of amides is 1. The van der Waals surface area contributed by atoms with Crippen molar-refractivity contribution in [1.29, 1.82) is 0 Å². The molecule has 21 heavy (non-hydrogen) atoms. The normalized spacial score (nSPS) is 11.3. The molecular formula is C14H17NO6. The van der Waals surface area contributed by atoms with E-state index in [1.165, 1.54) is 0 Å². The van der Waals surface area contributed by atoms with Crippen molar-refractivity contribution in [2.75, 3.05) is 6.61 Å². The first kappa shape index (κ1) is 16.5. The van der Waals surface area contributed by atoms with Crippen LogP contribution in [0.25, 0.3) is 0 Å². The number of hydrogen-bond acceptors (Lipinski definition) is 5. The van der Waals surface area contributed by atoms with Crippen LogP contribution in [0.3, 0.4) is 0 Å². The number of esters is 1. The first-order valence-corrected chi connectivity index (χ1v) is 6.38. The largest absolute Gasteiger partial charge is 0.481 e. The molecule has 0 unspecified atom stereocenters. The Morgan fingerprint density at radius 2 is 1.86 bits per heavy atom. The van der Waals surface area contributed by atoms with Gasteiger partial charge >= 0.3 is 18.0 Å². The fourth-order valence-corrected chi connectivity index (χ4v) is 1.52. The zero-order valence-corrected chi connectivity index (χ0v) is 11.6. The lowest BCUT2D eigenvalue weighted by molar-refractivity contribution is -0.149. The predicted octanol–water partition coefficient (Wildman–Crippen LogP) is 1.32. The second-order valence-electron chi connectivity index (χ2n) is 4.11. The van der Waals surface area contributed by atoms with Gasteiger partial charge in [-0.1, -0.05) is 30.3 Å². The molecule has 114 valence electrons. The van der Waals surface area contributed by atoms with Gasteiger partial charge in [-0.15, -0.1) is 0 Å². The standard InChI is InChI=1S/C14H17NO6/c1-2-20-13(18)11(8-12(16)17)15-14(19)21-9-10-6-4-3-5-7-10/h3-7,11H,2,8-9H2,1H3,(H,15,19)(H,16,17)/t11-/m0/s1. The third kappa shape index (κ3) is 6.42. The Hall–Kier alpha value is -2.57. The van der Waals surface area contributed by atoms with Gasteiger partial charge < -0.3 is 19.9 Å². The molecule has 0 aliphatic heterocycles. The van der Waals surface area contributed by atoms with Gasteiger partial charge in [0.25, 0.3) is 0 Å². The van der Waals surface area contributed by atoms with Crippen molar-refractivity contribution in [3.05, 3.63) is 35.9 Å². The van der Waals surface area contributed by atoms with Crippen LogP contribution in [0, 0.1) is 0 Å². The molecule has 1 aromatic rings. The summed E-state index contributed by atoms with van der Waals surface area (Å²) in [6.45, 7) is 1.70. The van der Waals surface area contributed by atoms with Gasteiger partial charge in [-0.2, -0.15) is 0 Å². The van der Waals surface area contributed by atoms with Crippen LogP contribution in [0.15, 0.2) is 30.3 Å². The summed E-state index contributed by atoms with van der Waals surface area (Å²) in [7, 11) is 0. The van der Waals surface area contributed by atoms with E-state index in [-0.39, 0.29) is 13.2 Å². The van der Waals surface area contributed by atoms with Crippen LogP contribution in [0.2, 0.25) is 0 Å².